The number of fused-ring (bicyclic) bond motifs is 1. The number of carbonyl (C=O) groups excluding carboxylic acids is 1. The fraction of sp³-hybridized carbons (Fsp3) is 0.421. The van der Waals surface area contributed by atoms with E-state index in [1.165, 1.54) is 10.8 Å². The Bertz CT molecular complexity index is 675. The Labute approximate surface area is 144 Å². The van der Waals surface area contributed by atoms with Crippen LogP contribution >= 0.6 is 12.4 Å². The van der Waals surface area contributed by atoms with E-state index in [1.54, 1.807) is 0 Å². The molecule has 1 atom stereocenters. The minimum absolute atomic E-state index is 0. The largest absolute Gasteiger partial charge is 0.349 e. The summed E-state index contributed by atoms with van der Waals surface area (Å²) >= 11 is 0. The summed E-state index contributed by atoms with van der Waals surface area (Å²) in [4.78, 5) is 12.7. The second-order valence-corrected chi connectivity index (χ2v) is 6.46. The fourth-order valence-corrected chi connectivity index (χ4v) is 3.63. The van der Waals surface area contributed by atoms with Gasteiger partial charge in [0, 0.05) is 6.54 Å². The number of nitrogens with one attached hydrogen (secondary N) is 1. The van der Waals surface area contributed by atoms with E-state index in [2.05, 4.69) is 42.6 Å². The number of nitrogens with two attached hydrogens (primary N) is 1. The van der Waals surface area contributed by atoms with E-state index in [0.29, 0.717) is 6.54 Å². The number of carbonyl (C=O) groups is 1. The van der Waals surface area contributed by atoms with E-state index in [1.807, 2.05) is 12.1 Å². The van der Waals surface area contributed by atoms with Crippen LogP contribution in [-0.2, 0) is 4.79 Å². The lowest BCUT2D eigenvalue weighted by Crippen LogP contribution is -2.45. The molecule has 1 aliphatic carbocycles. The lowest BCUT2D eigenvalue weighted by molar-refractivity contribution is -0.131. The predicted molar refractivity (Wildman–Crippen MR) is 97.7 cm³/mol. The van der Waals surface area contributed by atoms with Crippen LogP contribution in [0.2, 0.25) is 0 Å². The molecule has 1 fully saturated rings. The van der Waals surface area contributed by atoms with Crippen molar-refractivity contribution in [3.05, 3.63) is 48.0 Å². The molecule has 1 saturated carbocycles. The van der Waals surface area contributed by atoms with Gasteiger partial charge in [0.1, 0.15) is 0 Å². The van der Waals surface area contributed by atoms with Crippen molar-refractivity contribution >= 4 is 29.1 Å². The van der Waals surface area contributed by atoms with Crippen molar-refractivity contribution in [3.8, 4) is 0 Å². The van der Waals surface area contributed by atoms with Crippen LogP contribution in [0.15, 0.2) is 42.5 Å². The maximum absolute atomic E-state index is 12.7. The van der Waals surface area contributed by atoms with Gasteiger partial charge in [0.25, 0.3) is 0 Å². The van der Waals surface area contributed by atoms with Crippen LogP contribution in [-0.4, -0.2) is 12.5 Å². The maximum Gasteiger partial charge on any atom is 0.227 e. The highest BCUT2D eigenvalue weighted by Gasteiger charge is 2.40. The second kappa shape index (κ2) is 7.33. The molecule has 23 heavy (non-hydrogen) atoms. The molecule has 3 N–H and O–H groups in total. The van der Waals surface area contributed by atoms with Crippen LogP contribution in [0.25, 0.3) is 10.8 Å². The van der Waals surface area contributed by atoms with Gasteiger partial charge in [-0.05, 0) is 36.1 Å². The molecule has 1 amide bonds. The van der Waals surface area contributed by atoms with Crippen molar-refractivity contribution in [2.45, 2.75) is 38.6 Å². The van der Waals surface area contributed by atoms with Gasteiger partial charge in [0.05, 0.1) is 11.5 Å². The molecule has 1 unspecified atom stereocenters. The van der Waals surface area contributed by atoms with Crippen LogP contribution in [0.5, 0.6) is 0 Å². The van der Waals surface area contributed by atoms with Gasteiger partial charge in [-0.2, -0.15) is 0 Å². The summed E-state index contributed by atoms with van der Waals surface area (Å²) in [6.45, 7) is 2.50. The van der Waals surface area contributed by atoms with Gasteiger partial charge in [-0.1, -0.05) is 55.3 Å². The number of halogens is 1. The first-order chi connectivity index (χ1) is 10.7. The summed E-state index contributed by atoms with van der Waals surface area (Å²) in [5.74, 6) is 0.118. The molecule has 4 heteroatoms. The molecule has 124 valence electrons. The van der Waals surface area contributed by atoms with Gasteiger partial charge in [-0.25, -0.2) is 0 Å². The normalized spacial score (nSPS) is 17.5. The Balaban J connectivity index is 0.00000192. The lowest BCUT2D eigenvalue weighted by atomic mass is 9.84. The molecule has 0 radical (unpaired) electrons. The maximum atomic E-state index is 12.7. The predicted octanol–water partition coefficient (Wildman–Crippen LogP) is 3.96. The molecule has 2 aromatic rings. The van der Waals surface area contributed by atoms with Crippen molar-refractivity contribution in [2.75, 3.05) is 6.54 Å². The molecule has 0 aromatic heterocycles. The summed E-state index contributed by atoms with van der Waals surface area (Å²) in [5, 5.41) is 5.61. The number of benzene rings is 2. The van der Waals surface area contributed by atoms with Crippen LogP contribution in [0.3, 0.4) is 0 Å². The van der Waals surface area contributed by atoms with Crippen molar-refractivity contribution in [1.29, 1.82) is 0 Å². The van der Waals surface area contributed by atoms with E-state index in [9.17, 15) is 4.79 Å². The summed E-state index contributed by atoms with van der Waals surface area (Å²) in [7, 11) is 0. The highest BCUT2D eigenvalue weighted by atomic mass is 35.5. The monoisotopic (exact) mass is 332 g/mol. The lowest BCUT2D eigenvalue weighted by Gasteiger charge is -2.28. The Morgan fingerprint density at radius 2 is 1.83 bits per heavy atom. The van der Waals surface area contributed by atoms with Crippen LogP contribution in [0, 0.1) is 5.41 Å². The van der Waals surface area contributed by atoms with Gasteiger partial charge in [0.15, 0.2) is 0 Å². The Morgan fingerprint density at radius 1 is 1.17 bits per heavy atom. The van der Waals surface area contributed by atoms with E-state index >= 15 is 0 Å². The second-order valence-electron chi connectivity index (χ2n) is 6.46. The third kappa shape index (κ3) is 3.36. The summed E-state index contributed by atoms with van der Waals surface area (Å²) in [6.07, 6.45) is 4.04. The minimum atomic E-state index is -0.348. The molecule has 2 aromatic carbocycles. The third-order valence-corrected chi connectivity index (χ3v) is 5.07. The zero-order valence-corrected chi connectivity index (χ0v) is 14.4. The first-order valence-corrected chi connectivity index (χ1v) is 8.15. The number of amides is 1. The van der Waals surface area contributed by atoms with E-state index < -0.39 is 0 Å². The zero-order chi connectivity index (χ0) is 15.6. The van der Waals surface area contributed by atoms with Gasteiger partial charge < -0.3 is 11.1 Å². The molecule has 0 aliphatic heterocycles. The molecule has 0 spiro atoms. The average molecular weight is 333 g/mol. The topological polar surface area (TPSA) is 55.1 Å². The molecular formula is C19H25ClN2O. The number of hydrogen-bond acceptors (Lipinski definition) is 2. The molecule has 0 heterocycles. The van der Waals surface area contributed by atoms with E-state index in [-0.39, 0.29) is 29.8 Å². The minimum Gasteiger partial charge on any atom is -0.349 e. The van der Waals surface area contributed by atoms with Crippen molar-refractivity contribution in [3.63, 3.8) is 0 Å². The zero-order valence-electron chi connectivity index (χ0n) is 13.5. The smallest absolute Gasteiger partial charge is 0.227 e. The van der Waals surface area contributed by atoms with Crippen molar-refractivity contribution < 1.29 is 4.79 Å². The fourth-order valence-electron chi connectivity index (χ4n) is 3.63. The van der Waals surface area contributed by atoms with Crippen molar-refractivity contribution in [1.82, 2.24) is 5.32 Å². The van der Waals surface area contributed by atoms with Gasteiger partial charge in [-0.3, -0.25) is 4.79 Å². The standard InChI is InChI=1S/C19H24N2O.ClH/c1-14(21-18(22)19(13-20)11-4-5-12-19)16-10-6-8-15-7-2-3-9-17(15)16;/h2-3,6-10,14H,4-5,11-13,20H2,1H3,(H,21,22);1H. The van der Waals surface area contributed by atoms with Crippen molar-refractivity contribution in [2.24, 2.45) is 11.1 Å². The van der Waals surface area contributed by atoms with Crippen LogP contribution in [0.1, 0.15) is 44.2 Å². The third-order valence-electron chi connectivity index (χ3n) is 5.07. The molecule has 0 saturated heterocycles. The Hall–Kier alpha value is -1.58. The van der Waals surface area contributed by atoms with Gasteiger partial charge in [0.2, 0.25) is 5.91 Å². The number of hydrogen-bond donors (Lipinski definition) is 2. The highest BCUT2D eigenvalue weighted by Crippen LogP contribution is 2.38. The average Bonchev–Trinajstić information content (AvgIpc) is 3.04. The first-order valence-electron chi connectivity index (χ1n) is 8.15. The summed E-state index contributed by atoms with van der Waals surface area (Å²) in [5.41, 5.74) is 6.73. The Kier molecular flexibility index (Phi) is 5.66. The van der Waals surface area contributed by atoms with Gasteiger partial charge >= 0.3 is 0 Å². The Morgan fingerprint density at radius 3 is 2.52 bits per heavy atom. The van der Waals surface area contributed by atoms with E-state index in [0.717, 1.165) is 31.2 Å². The molecule has 0 bridgehead atoms. The quantitative estimate of drug-likeness (QED) is 0.890. The highest BCUT2D eigenvalue weighted by molar-refractivity contribution is 5.88. The van der Waals surface area contributed by atoms with Gasteiger partial charge in [-0.15, -0.1) is 12.4 Å². The molecule has 3 nitrogen and oxygen atoms in total. The number of rotatable bonds is 4. The molecule has 3 rings (SSSR count). The van der Waals surface area contributed by atoms with Crippen LogP contribution < -0.4 is 11.1 Å². The summed E-state index contributed by atoms with van der Waals surface area (Å²) in [6, 6.07) is 14.5. The van der Waals surface area contributed by atoms with Crippen LogP contribution in [0.4, 0.5) is 0 Å². The van der Waals surface area contributed by atoms with E-state index in [4.69, 9.17) is 5.73 Å². The molecular weight excluding hydrogens is 308 g/mol. The first kappa shape index (κ1) is 17.8. The summed E-state index contributed by atoms with van der Waals surface area (Å²) < 4.78 is 0. The molecule has 1 aliphatic rings. The SMILES string of the molecule is CC(NC(=O)C1(CN)CCCC1)c1cccc2ccccc12.Cl.